The maximum Gasteiger partial charge on any atom is 0.273 e. The van der Waals surface area contributed by atoms with Gasteiger partial charge in [0, 0.05) is 34.9 Å². The molecule has 8 nitrogen and oxygen atoms in total. The van der Waals surface area contributed by atoms with E-state index < -0.39 is 0 Å². The molecule has 0 saturated carbocycles. The molecule has 3 aromatic heterocycles. The van der Waals surface area contributed by atoms with Crippen LogP contribution in [0.5, 0.6) is 0 Å². The number of hydrogen-bond acceptors (Lipinski definition) is 5. The van der Waals surface area contributed by atoms with Crippen LogP contribution in [-0.2, 0) is 6.54 Å². The first-order chi connectivity index (χ1) is 17.5. The minimum atomic E-state index is -0.271. The molecule has 37 heavy (non-hydrogen) atoms. The highest BCUT2D eigenvalue weighted by Gasteiger charge is 2.16. The van der Waals surface area contributed by atoms with Crippen LogP contribution in [0, 0.1) is 6.92 Å². The lowest BCUT2D eigenvalue weighted by Gasteiger charge is -2.08. The summed E-state index contributed by atoms with van der Waals surface area (Å²) in [6, 6.07) is 19.8. The van der Waals surface area contributed by atoms with Gasteiger partial charge >= 0.3 is 0 Å². The van der Waals surface area contributed by atoms with E-state index in [4.69, 9.17) is 0 Å². The van der Waals surface area contributed by atoms with E-state index in [0.717, 1.165) is 28.0 Å². The molecule has 5 aromatic rings. The molecule has 2 aromatic carbocycles. The standard InChI is InChI=1S/C28H24N6O2.ClH/c1-3-34-26(15-18(2)33-34)28(36)30-22-9-6-7-19(16-22)27(35)20-10-12-23-24(31-32-25(23)17-20)13-11-21-8-4-5-14-29-21;/h4-17H,3H2,1-2H3,(H,30,36)(H,31,32);1H/b13-11+;. The van der Waals surface area contributed by atoms with Crippen molar-refractivity contribution in [2.45, 2.75) is 20.4 Å². The van der Waals surface area contributed by atoms with Gasteiger partial charge in [-0.1, -0.05) is 24.3 Å². The third-order valence-corrected chi connectivity index (χ3v) is 5.77. The summed E-state index contributed by atoms with van der Waals surface area (Å²) < 4.78 is 1.65. The summed E-state index contributed by atoms with van der Waals surface area (Å²) in [6.45, 7) is 4.36. The number of aromatic amines is 1. The molecule has 1 amide bonds. The van der Waals surface area contributed by atoms with Crippen molar-refractivity contribution in [3.63, 3.8) is 0 Å². The van der Waals surface area contributed by atoms with E-state index in [1.807, 2.05) is 50.3 Å². The molecule has 0 bridgehead atoms. The number of halogens is 1. The molecule has 2 N–H and O–H groups in total. The lowest BCUT2D eigenvalue weighted by Crippen LogP contribution is -2.17. The van der Waals surface area contributed by atoms with Crippen molar-refractivity contribution in [1.29, 1.82) is 0 Å². The normalized spacial score (nSPS) is 11.0. The quantitative estimate of drug-likeness (QED) is 0.278. The van der Waals surface area contributed by atoms with Crippen molar-refractivity contribution in [3.05, 3.63) is 107 Å². The van der Waals surface area contributed by atoms with Gasteiger partial charge in [0.1, 0.15) is 5.69 Å². The highest BCUT2D eigenvalue weighted by molar-refractivity contribution is 6.12. The lowest BCUT2D eigenvalue weighted by molar-refractivity contribution is 0.101. The van der Waals surface area contributed by atoms with Crippen LogP contribution < -0.4 is 5.32 Å². The molecular formula is C28H25ClN6O2. The molecule has 0 radical (unpaired) electrons. The van der Waals surface area contributed by atoms with Crippen LogP contribution in [-0.4, -0.2) is 36.7 Å². The van der Waals surface area contributed by atoms with Gasteiger partial charge < -0.3 is 5.32 Å². The first-order valence-corrected chi connectivity index (χ1v) is 11.6. The number of fused-ring (bicyclic) bond motifs is 1. The van der Waals surface area contributed by atoms with Gasteiger partial charge in [0.05, 0.1) is 22.6 Å². The zero-order chi connectivity index (χ0) is 25.1. The number of nitrogens with zero attached hydrogens (tertiary/aromatic N) is 4. The number of hydrogen-bond donors (Lipinski definition) is 2. The van der Waals surface area contributed by atoms with Crippen LogP contribution in [0.4, 0.5) is 5.69 Å². The van der Waals surface area contributed by atoms with Gasteiger partial charge in [0.2, 0.25) is 0 Å². The predicted molar refractivity (Wildman–Crippen MR) is 147 cm³/mol. The van der Waals surface area contributed by atoms with Crippen LogP contribution in [0.1, 0.15) is 50.4 Å². The molecule has 0 aliphatic carbocycles. The number of pyridine rings is 1. The van der Waals surface area contributed by atoms with Crippen molar-refractivity contribution in [1.82, 2.24) is 25.0 Å². The zero-order valence-electron chi connectivity index (χ0n) is 20.3. The number of carbonyl (C=O) groups excluding carboxylic acids is 2. The number of ketones is 1. The van der Waals surface area contributed by atoms with Crippen molar-refractivity contribution in [3.8, 4) is 0 Å². The Kier molecular flexibility index (Phi) is 7.60. The second-order valence-corrected chi connectivity index (χ2v) is 8.31. The van der Waals surface area contributed by atoms with Gasteiger partial charge in [0.25, 0.3) is 5.91 Å². The molecule has 9 heteroatoms. The minimum absolute atomic E-state index is 0. The number of amides is 1. The Labute approximate surface area is 219 Å². The molecule has 0 aliphatic heterocycles. The van der Waals surface area contributed by atoms with E-state index in [0.29, 0.717) is 29.1 Å². The second kappa shape index (κ2) is 11.0. The molecule has 186 valence electrons. The average Bonchev–Trinajstić information content (AvgIpc) is 3.50. The number of aromatic nitrogens is 5. The summed E-state index contributed by atoms with van der Waals surface area (Å²) in [5.41, 5.74) is 5.14. The largest absolute Gasteiger partial charge is 0.321 e. The number of rotatable bonds is 7. The Balaban J connectivity index is 0.00000320. The van der Waals surface area contributed by atoms with Crippen LogP contribution in [0.25, 0.3) is 23.1 Å². The maximum absolute atomic E-state index is 13.2. The third kappa shape index (κ3) is 5.49. The number of aryl methyl sites for hydroxylation is 2. The van der Waals surface area contributed by atoms with Crippen LogP contribution >= 0.6 is 12.4 Å². The fraction of sp³-hybridized carbons (Fsp3) is 0.107. The average molecular weight is 513 g/mol. The fourth-order valence-corrected chi connectivity index (χ4v) is 4.02. The Hall–Kier alpha value is -4.56. The SMILES string of the molecule is CCn1nc(C)cc1C(=O)Nc1cccc(C(=O)c2ccc3c(/C=C/c4ccccn4)n[nH]c3c2)c1.Cl. The summed E-state index contributed by atoms with van der Waals surface area (Å²) in [6.07, 6.45) is 5.52. The monoisotopic (exact) mass is 512 g/mol. The number of nitrogens with one attached hydrogen (secondary N) is 2. The number of anilines is 1. The summed E-state index contributed by atoms with van der Waals surface area (Å²) in [7, 11) is 0. The van der Waals surface area contributed by atoms with Gasteiger partial charge in [-0.15, -0.1) is 12.4 Å². The third-order valence-electron chi connectivity index (χ3n) is 5.77. The summed E-state index contributed by atoms with van der Waals surface area (Å²) >= 11 is 0. The molecule has 0 aliphatic rings. The Bertz CT molecular complexity index is 1600. The van der Waals surface area contributed by atoms with Crippen LogP contribution in [0.3, 0.4) is 0 Å². The number of carbonyl (C=O) groups is 2. The van der Waals surface area contributed by atoms with Crippen molar-refractivity contribution in [2.75, 3.05) is 5.32 Å². The van der Waals surface area contributed by atoms with Gasteiger partial charge in [0.15, 0.2) is 5.78 Å². The Morgan fingerprint density at radius 1 is 1.00 bits per heavy atom. The fourth-order valence-electron chi connectivity index (χ4n) is 4.02. The summed E-state index contributed by atoms with van der Waals surface area (Å²) in [4.78, 5) is 30.3. The van der Waals surface area contributed by atoms with Gasteiger partial charge in [-0.25, -0.2) is 0 Å². The smallest absolute Gasteiger partial charge is 0.273 e. The van der Waals surface area contributed by atoms with E-state index in [9.17, 15) is 9.59 Å². The zero-order valence-corrected chi connectivity index (χ0v) is 21.1. The van der Waals surface area contributed by atoms with Crippen LogP contribution in [0.15, 0.2) is 72.9 Å². The molecule has 0 unspecified atom stereocenters. The number of H-pyrrole nitrogens is 1. The first-order valence-electron chi connectivity index (χ1n) is 11.6. The van der Waals surface area contributed by atoms with Crippen LogP contribution in [0.2, 0.25) is 0 Å². The molecule has 0 spiro atoms. The van der Waals surface area contributed by atoms with Crippen molar-refractivity contribution >= 4 is 52.8 Å². The first kappa shape index (κ1) is 25.5. The Morgan fingerprint density at radius 2 is 1.84 bits per heavy atom. The van der Waals surface area contributed by atoms with E-state index in [2.05, 4.69) is 25.6 Å². The molecule has 0 atom stereocenters. The molecular weight excluding hydrogens is 488 g/mol. The highest BCUT2D eigenvalue weighted by atomic mass is 35.5. The lowest BCUT2D eigenvalue weighted by atomic mass is 10.0. The van der Waals surface area contributed by atoms with Gasteiger partial charge in [-0.05, 0) is 68.5 Å². The summed E-state index contributed by atoms with van der Waals surface area (Å²) in [5, 5.41) is 15.5. The Morgan fingerprint density at radius 3 is 2.62 bits per heavy atom. The van der Waals surface area contributed by atoms with E-state index in [1.54, 1.807) is 53.3 Å². The highest BCUT2D eigenvalue weighted by Crippen LogP contribution is 2.22. The van der Waals surface area contributed by atoms with Crippen molar-refractivity contribution in [2.24, 2.45) is 0 Å². The van der Waals surface area contributed by atoms with Gasteiger partial charge in [-0.3, -0.25) is 24.4 Å². The molecule has 3 heterocycles. The van der Waals surface area contributed by atoms with E-state index >= 15 is 0 Å². The minimum Gasteiger partial charge on any atom is -0.321 e. The van der Waals surface area contributed by atoms with E-state index in [-0.39, 0.29) is 24.1 Å². The van der Waals surface area contributed by atoms with E-state index in [1.165, 1.54) is 0 Å². The molecule has 0 fully saturated rings. The predicted octanol–water partition coefficient (Wildman–Crippen LogP) is 5.56. The van der Waals surface area contributed by atoms with Gasteiger partial charge in [-0.2, -0.15) is 10.2 Å². The molecule has 0 saturated heterocycles. The maximum atomic E-state index is 13.2. The summed E-state index contributed by atoms with van der Waals surface area (Å²) in [5.74, 6) is -0.421. The second-order valence-electron chi connectivity index (χ2n) is 8.31. The molecule has 5 rings (SSSR count). The number of benzene rings is 2. The topological polar surface area (TPSA) is 106 Å². The van der Waals surface area contributed by atoms with Crippen molar-refractivity contribution < 1.29 is 9.59 Å².